The fourth-order valence-corrected chi connectivity index (χ4v) is 4.12. The van der Waals surface area contributed by atoms with E-state index in [1.165, 1.54) is 12.8 Å². The summed E-state index contributed by atoms with van der Waals surface area (Å²) >= 11 is 0. The predicted octanol–water partition coefficient (Wildman–Crippen LogP) is 2.22. The molecule has 25 heavy (non-hydrogen) atoms. The van der Waals surface area contributed by atoms with Gasteiger partial charge in [0.05, 0.1) is 13.2 Å². The Balaban J connectivity index is 1.55. The molecule has 0 aromatic carbocycles. The molecule has 3 rings (SSSR count). The van der Waals surface area contributed by atoms with Gasteiger partial charge in [-0.2, -0.15) is 0 Å². The number of amides is 2. The lowest BCUT2D eigenvalue weighted by Crippen LogP contribution is -2.55. The van der Waals surface area contributed by atoms with Crippen molar-refractivity contribution < 1.29 is 19.1 Å². The third kappa shape index (κ3) is 4.17. The van der Waals surface area contributed by atoms with Crippen molar-refractivity contribution >= 4 is 11.8 Å². The van der Waals surface area contributed by atoms with Gasteiger partial charge in [-0.3, -0.25) is 9.59 Å². The van der Waals surface area contributed by atoms with E-state index in [0.717, 1.165) is 25.7 Å². The van der Waals surface area contributed by atoms with E-state index in [4.69, 9.17) is 9.47 Å². The quantitative estimate of drug-likeness (QED) is 0.625. The molecule has 2 saturated heterocycles. The van der Waals surface area contributed by atoms with Crippen LogP contribution in [0.25, 0.3) is 0 Å². The lowest BCUT2D eigenvalue weighted by Gasteiger charge is -2.40. The number of nitrogens with zero attached hydrogens (tertiary/aromatic N) is 1. The van der Waals surface area contributed by atoms with Crippen LogP contribution in [0.4, 0.5) is 0 Å². The Morgan fingerprint density at radius 3 is 2.12 bits per heavy atom. The molecule has 142 valence electrons. The Labute approximate surface area is 150 Å². The number of ether oxygens (including phenoxy) is 2. The first-order valence-electron chi connectivity index (χ1n) is 9.81. The highest BCUT2D eigenvalue weighted by Gasteiger charge is 2.45. The molecule has 6 heteroatoms. The fraction of sp³-hybridized carbons (Fsp3) is 0.895. The number of hydrogen-bond acceptors (Lipinski definition) is 4. The van der Waals surface area contributed by atoms with E-state index in [1.54, 1.807) is 18.7 Å². The number of carbonyl (C=O) groups excluding carboxylic acids is 2. The zero-order valence-electron chi connectivity index (χ0n) is 15.6. The van der Waals surface area contributed by atoms with Crippen molar-refractivity contribution in [1.29, 1.82) is 0 Å². The average molecular weight is 352 g/mol. The molecule has 1 spiro atoms. The van der Waals surface area contributed by atoms with Gasteiger partial charge in [0.25, 0.3) is 0 Å². The van der Waals surface area contributed by atoms with Crippen LogP contribution in [0.1, 0.15) is 65.2 Å². The SMILES string of the molecule is CC(C)(C(=O)NC1CCCCCC1)C(=O)N1CCC2(CC1)OCCO2. The van der Waals surface area contributed by atoms with Gasteiger partial charge in [0.2, 0.25) is 11.8 Å². The molecule has 0 atom stereocenters. The minimum absolute atomic E-state index is 0.0912. The van der Waals surface area contributed by atoms with Gasteiger partial charge in [-0.05, 0) is 26.7 Å². The van der Waals surface area contributed by atoms with Gasteiger partial charge >= 0.3 is 0 Å². The number of carbonyl (C=O) groups is 2. The van der Waals surface area contributed by atoms with E-state index in [9.17, 15) is 9.59 Å². The average Bonchev–Trinajstić information content (AvgIpc) is 2.89. The molecule has 0 unspecified atom stereocenters. The van der Waals surface area contributed by atoms with Crippen LogP contribution in [-0.4, -0.2) is 54.8 Å². The van der Waals surface area contributed by atoms with Gasteiger partial charge < -0.3 is 19.7 Å². The summed E-state index contributed by atoms with van der Waals surface area (Å²) in [6.07, 6.45) is 8.22. The second-order valence-corrected chi connectivity index (χ2v) is 8.19. The second-order valence-electron chi connectivity index (χ2n) is 8.19. The first kappa shape index (κ1) is 18.6. The lowest BCUT2D eigenvalue weighted by atomic mass is 9.88. The van der Waals surface area contributed by atoms with Crippen LogP contribution in [0, 0.1) is 5.41 Å². The van der Waals surface area contributed by atoms with Crippen LogP contribution >= 0.6 is 0 Å². The third-order valence-corrected chi connectivity index (χ3v) is 5.92. The molecular weight excluding hydrogens is 320 g/mol. The van der Waals surface area contributed by atoms with E-state index < -0.39 is 11.2 Å². The van der Waals surface area contributed by atoms with E-state index in [1.807, 2.05) is 0 Å². The molecule has 0 radical (unpaired) electrons. The Morgan fingerprint density at radius 2 is 1.56 bits per heavy atom. The minimum Gasteiger partial charge on any atom is -0.352 e. The summed E-state index contributed by atoms with van der Waals surface area (Å²) in [7, 11) is 0. The van der Waals surface area contributed by atoms with Crippen LogP contribution in [-0.2, 0) is 19.1 Å². The van der Waals surface area contributed by atoms with Crippen LogP contribution < -0.4 is 5.32 Å². The smallest absolute Gasteiger partial charge is 0.237 e. The van der Waals surface area contributed by atoms with E-state index >= 15 is 0 Å². The Kier molecular flexibility index (Phi) is 5.68. The van der Waals surface area contributed by atoms with Crippen LogP contribution in [0.5, 0.6) is 0 Å². The minimum atomic E-state index is -1.03. The van der Waals surface area contributed by atoms with Crippen molar-refractivity contribution in [2.24, 2.45) is 5.41 Å². The molecule has 2 heterocycles. The summed E-state index contributed by atoms with van der Waals surface area (Å²) < 4.78 is 11.4. The maximum atomic E-state index is 13.0. The molecular formula is C19H32N2O4. The van der Waals surface area contributed by atoms with Crippen molar-refractivity contribution in [3.8, 4) is 0 Å². The van der Waals surface area contributed by atoms with Crippen LogP contribution in [0.3, 0.4) is 0 Å². The summed E-state index contributed by atoms with van der Waals surface area (Å²) in [5, 5.41) is 3.13. The molecule has 0 bridgehead atoms. The van der Waals surface area contributed by atoms with Gasteiger partial charge in [-0.15, -0.1) is 0 Å². The fourth-order valence-electron chi connectivity index (χ4n) is 4.12. The van der Waals surface area contributed by atoms with Crippen molar-refractivity contribution in [3.63, 3.8) is 0 Å². The molecule has 1 saturated carbocycles. The monoisotopic (exact) mass is 352 g/mol. The van der Waals surface area contributed by atoms with Gasteiger partial charge in [-0.1, -0.05) is 25.7 Å². The van der Waals surface area contributed by atoms with E-state index in [0.29, 0.717) is 39.1 Å². The Hall–Kier alpha value is -1.14. The summed E-state index contributed by atoms with van der Waals surface area (Å²) in [6, 6.07) is 0.215. The molecule has 2 amide bonds. The van der Waals surface area contributed by atoms with E-state index in [-0.39, 0.29) is 17.9 Å². The lowest BCUT2D eigenvalue weighted by molar-refractivity contribution is -0.189. The highest BCUT2D eigenvalue weighted by Crippen LogP contribution is 2.33. The number of nitrogens with one attached hydrogen (secondary N) is 1. The molecule has 0 aromatic heterocycles. The Bertz CT molecular complexity index is 482. The summed E-state index contributed by atoms with van der Waals surface area (Å²) in [5.41, 5.74) is -1.03. The number of hydrogen-bond donors (Lipinski definition) is 1. The van der Waals surface area contributed by atoms with Crippen LogP contribution in [0.2, 0.25) is 0 Å². The largest absolute Gasteiger partial charge is 0.352 e. The topological polar surface area (TPSA) is 67.9 Å². The number of rotatable bonds is 3. The highest BCUT2D eigenvalue weighted by molar-refractivity contribution is 6.04. The summed E-state index contributed by atoms with van der Waals surface area (Å²) in [5.74, 6) is -0.728. The van der Waals surface area contributed by atoms with Crippen molar-refractivity contribution in [3.05, 3.63) is 0 Å². The summed E-state index contributed by atoms with van der Waals surface area (Å²) in [4.78, 5) is 27.5. The number of likely N-dealkylation sites (tertiary alicyclic amines) is 1. The molecule has 0 aromatic rings. The highest BCUT2D eigenvalue weighted by atomic mass is 16.7. The van der Waals surface area contributed by atoms with Crippen molar-refractivity contribution in [2.45, 2.75) is 77.0 Å². The van der Waals surface area contributed by atoms with Gasteiger partial charge in [-0.25, -0.2) is 0 Å². The van der Waals surface area contributed by atoms with E-state index in [2.05, 4.69) is 5.32 Å². The maximum Gasteiger partial charge on any atom is 0.237 e. The zero-order chi connectivity index (χ0) is 17.9. The molecule has 6 nitrogen and oxygen atoms in total. The first-order valence-corrected chi connectivity index (χ1v) is 9.81. The van der Waals surface area contributed by atoms with Gasteiger partial charge in [0, 0.05) is 32.0 Å². The van der Waals surface area contributed by atoms with Crippen molar-refractivity contribution in [2.75, 3.05) is 26.3 Å². The van der Waals surface area contributed by atoms with Gasteiger partial charge in [0.1, 0.15) is 5.41 Å². The standard InChI is InChI=1S/C19H32N2O4/c1-18(2,16(22)20-15-7-5-3-4-6-8-15)17(23)21-11-9-19(10-12-21)24-13-14-25-19/h15H,3-14H2,1-2H3,(H,20,22). The predicted molar refractivity (Wildman–Crippen MR) is 93.9 cm³/mol. The summed E-state index contributed by atoms with van der Waals surface area (Å²) in [6.45, 7) is 5.91. The van der Waals surface area contributed by atoms with Crippen LogP contribution in [0.15, 0.2) is 0 Å². The number of piperidine rings is 1. The van der Waals surface area contributed by atoms with Gasteiger partial charge in [0.15, 0.2) is 5.79 Å². The third-order valence-electron chi connectivity index (χ3n) is 5.92. The second kappa shape index (κ2) is 7.62. The zero-order valence-corrected chi connectivity index (χ0v) is 15.6. The van der Waals surface area contributed by atoms with Crippen molar-refractivity contribution in [1.82, 2.24) is 10.2 Å². The molecule has 2 aliphatic heterocycles. The first-order chi connectivity index (χ1) is 11.9. The normalized spacial score (nSPS) is 25.0. The molecule has 3 aliphatic rings. The Morgan fingerprint density at radius 1 is 1.00 bits per heavy atom. The molecule has 1 N–H and O–H groups in total. The molecule has 3 fully saturated rings. The molecule has 1 aliphatic carbocycles. The maximum absolute atomic E-state index is 13.0.